The van der Waals surface area contributed by atoms with E-state index in [0.29, 0.717) is 36.2 Å². The fraction of sp³-hybridized carbons (Fsp3) is 0.333. The van der Waals surface area contributed by atoms with E-state index in [1.54, 1.807) is 16.2 Å². The molecule has 1 saturated heterocycles. The van der Waals surface area contributed by atoms with Crippen LogP contribution in [0.3, 0.4) is 0 Å². The molecule has 2 N–H and O–H groups in total. The number of likely N-dealkylation sites (N-methyl/N-ethyl adjacent to an activating group) is 1. The fourth-order valence-corrected chi connectivity index (χ4v) is 5.02. The first-order chi connectivity index (χ1) is 14.5. The summed E-state index contributed by atoms with van der Waals surface area (Å²) in [5.41, 5.74) is 7.81. The lowest BCUT2D eigenvalue weighted by Gasteiger charge is -2.40. The van der Waals surface area contributed by atoms with E-state index >= 15 is 0 Å². The smallest absolute Gasteiger partial charge is 0.245 e. The number of nitrogen functional groups attached to an aromatic ring is 1. The first kappa shape index (κ1) is 20.5. The number of nitrogens with two attached hydrogens (primary N) is 1. The van der Waals surface area contributed by atoms with Crippen LogP contribution in [0.5, 0.6) is 0 Å². The predicted molar refractivity (Wildman–Crippen MR) is 119 cm³/mol. The molecule has 0 unspecified atom stereocenters. The van der Waals surface area contributed by atoms with E-state index in [1.165, 1.54) is 16.2 Å². The normalized spacial score (nSPS) is 16.8. The van der Waals surface area contributed by atoms with Gasteiger partial charge in [-0.2, -0.15) is 0 Å². The highest BCUT2D eigenvalue weighted by atomic mass is 32.1. The summed E-state index contributed by atoms with van der Waals surface area (Å²) in [6.45, 7) is 3.67. The summed E-state index contributed by atoms with van der Waals surface area (Å²) in [6, 6.07) is 11.8. The Labute approximate surface area is 183 Å². The van der Waals surface area contributed by atoms with Crippen molar-refractivity contribution < 1.29 is 9.59 Å². The molecule has 1 aliphatic heterocycles. The van der Waals surface area contributed by atoms with Crippen molar-refractivity contribution in [1.29, 1.82) is 0 Å². The molecule has 2 aromatic heterocycles. The van der Waals surface area contributed by atoms with Gasteiger partial charge in [0, 0.05) is 30.9 Å². The quantitative estimate of drug-likeness (QED) is 0.635. The lowest BCUT2D eigenvalue weighted by Crippen LogP contribution is -2.59. The third kappa shape index (κ3) is 4.36. The Morgan fingerprint density at radius 2 is 2.00 bits per heavy atom. The maximum atomic E-state index is 13.1. The van der Waals surface area contributed by atoms with Gasteiger partial charge in [-0.05, 0) is 29.5 Å². The van der Waals surface area contributed by atoms with Crippen LogP contribution in [-0.2, 0) is 22.4 Å². The number of rotatable bonds is 6. The lowest BCUT2D eigenvalue weighted by atomic mass is 9.99. The van der Waals surface area contributed by atoms with E-state index in [0.717, 1.165) is 11.1 Å². The van der Waals surface area contributed by atoms with Crippen LogP contribution in [0.15, 0.2) is 41.8 Å². The number of thiophene rings is 1. The zero-order valence-corrected chi connectivity index (χ0v) is 18.3. The Bertz CT molecular complexity index is 1020. The standard InChI is InChI=1S/C21H23N5O2S2/c1-2-25-9-10-26(19(27)13-18-23-24-21(22)30-18)16(20(25)28)12-14-5-7-15(8-6-14)17-4-3-11-29-17/h3-8,11,16H,2,9-10,12-13H2,1H3,(H2,22,24)/t16-/m1/s1. The number of benzene rings is 1. The Morgan fingerprint density at radius 1 is 1.20 bits per heavy atom. The van der Waals surface area contributed by atoms with E-state index in [2.05, 4.69) is 33.8 Å². The summed E-state index contributed by atoms with van der Waals surface area (Å²) in [5.74, 6) is -0.119. The van der Waals surface area contributed by atoms with Gasteiger partial charge >= 0.3 is 0 Å². The minimum atomic E-state index is -0.510. The first-order valence-electron chi connectivity index (χ1n) is 9.84. The van der Waals surface area contributed by atoms with Gasteiger partial charge in [0.05, 0.1) is 6.42 Å². The van der Waals surface area contributed by atoms with Gasteiger partial charge < -0.3 is 15.5 Å². The van der Waals surface area contributed by atoms with E-state index in [9.17, 15) is 9.59 Å². The fourth-order valence-electron chi connectivity index (χ4n) is 3.69. The summed E-state index contributed by atoms with van der Waals surface area (Å²) < 4.78 is 0. The Balaban J connectivity index is 1.52. The van der Waals surface area contributed by atoms with Crippen LogP contribution < -0.4 is 5.73 Å². The Morgan fingerprint density at radius 3 is 2.63 bits per heavy atom. The van der Waals surface area contributed by atoms with Crippen molar-refractivity contribution in [3.05, 3.63) is 52.3 Å². The molecule has 9 heteroatoms. The van der Waals surface area contributed by atoms with Crippen molar-refractivity contribution >= 4 is 39.6 Å². The number of piperazine rings is 1. The number of carbonyl (C=O) groups is 2. The molecular weight excluding hydrogens is 418 g/mol. The van der Waals surface area contributed by atoms with Crippen molar-refractivity contribution in [2.75, 3.05) is 25.4 Å². The zero-order chi connectivity index (χ0) is 21.1. The van der Waals surface area contributed by atoms with Crippen molar-refractivity contribution in [2.24, 2.45) is 0 Å². The van der Waals surface area contributed by atoms with Crippen molar-refractivity contribution in [3.63, 3.8) is 0 Å². The van der Waals surface area contributed by atoms with Crippen LogP contribution in [0.1, 0.15) is 17.5 Å². The van der Waals surface area contributed by atoms with E-state index < -0.39 is 6.04 Å². The lowest BCUT2D eigenvalue weighted by molar-refractivity contribution is -0.150. The largest absolute Gasteiger partial charge is 0.374 e. The molecule has 0 saturated carbocycles. The Kier molecular flexibility index (Phi) is 6.10. The molecule has 1 aliphatic rings. The molecule has 0 bridgehead atoms. The van der Waals surface area contributed by atoms with E-state index in [-0.39, 0.29) is 18.2 Å². The molecule has 2 amide bonds. The predicted octanol–water partition coefficient (Wildman–Crippen LogP) is 2.69. The average molecular weight is 442 g/mol. The van der Waals surface area contributed by atoms with Gasteiger partial charge in [-0.25, -0.2) is 0 Å². The molecule has 0 aliphatic carbocycles. The Hall–Kier alpha value is -2.78. The molecular formula is C21H23N5O2S2. The SMILES string of the molecule is CCN1CCN(C(=O)Cc2nnc(N)s2)[C@H](Cc2ccc(-c3cccs3)cc2)C1=O. The van der Waals surface area contributed by atoms with Crippen LogP contribution in [0.2, 0.25) is 0 Å². The number of hydrogen-bond donors (Lipinski definition) is 1. The number of nitrogens with zero attached hydrogens (tertiary/aromatic N) is 4. The molecule has 7 nitrogen and oxygen atoms in total. The van der Waals surface area contributed by atoms with Gasteiger partial charge in [-0.15, -0.1) is 21.5 Å². The maximum Gasteiger partial charge on any atom is 0.245 e. The molecule has 0 radical (unpaired) electrons. The second-order valence-corrected chi connectivity index (χ2v) is 9.15. The molecule has 0 spiro atoms. The molecule has 4 rings (SSSR count). The van der Waals surface area contributed by atoms with Crippen molar-refractivity contribution in [2.45, 2.75) is 25.8 Å². The highest BCUT2D eigenvalue weighted by Crippen LogP contribution is 2.26. The molecule has 3 heterocycles. The van der Waals surface area contributed by atoms with Crippen LogP contribution >= 0.6 is 22.7 Å². The highest BCUT2D eigenvalue weighted by Gasteiger charge is 2.37. The highest BCUT2D eigenvalue weighted by molar-refractivity contribution is 7.15. The number of anilines is 1. The monoisotopic (exact) mass is 441 g/mol. The number of hydrogen-bond acceptors (Lipinski definition) is 7. The van der Waals surface area contributed by atoms with Gasteiger partial charge in [-0.3, -0.25) is 9.59 Å². The van der Waals surface area contributed by atoms with Crippen LogP contribution in [-0.4, -0.2) is 57.5 Å². The molecule has 30 heavy (non-hydrogen) atoms. The maximum absolute atomic E-state index is 13.1. The second kappa shape index (κ2) is 8.93. The van der Waals surface area contributed by atoms with Gasteiger partial charge in [0.1, 0.15) is 11.0 Å². The third-order valence-corrected chi connectivity index (χ3v) is 6.93. The minimum absolute atomic E-state index is 0.00351. The molecule has 1 fully saturated rings. The summed E-state index contributed by atoms with van der Waals surface area (Å²) >= 11 is 2.90. The number of aromatic nitrogens is 2. The molecule has 3 aromatic rings. The topological polar surface area (TPSA) is 92.4 Å². The first-order valence-corrected chi connectivity index (χ1v) is 11.5. The zero-order valence-electron chi connectivity index (χ0n) is 16.7. The van der Waals surface area contributed by atoms with Gasteiger partial charge in [0.15, 0.2) is 0 Å². The molecule has 156 valence electrons. The average Bonchev–Trinajstić information content (AvgIpc) is 3.42. The van der Waals surface area contributed by atoms with Crippen LogP contribution in [0, 0.1) is 0 Å². The summed E-state index contributed by atoms with van der Waals surface area (Å²) in [6.07, 6.45) is 0.603. The van der Waals surface area contributed by atoms with Crippen molar-refractivity contribution in [3.8, 4) is 10.4 Å². The number of amides is 2. The van der Waals surface area contributed by atoms with E-state index in [1.807, 2.05) is 30.0 Å². The van der Waals surface area contributed by atoms with Crippen LogP contribution in [0.25, 0.3) is 10.4 Å². The van der Waals surface area contributed by atoms with Gasteiger partial charge in [-0.1, -0.05) is 41.7 Å². The summed E-state index contributed by atoms with van der Waals surface area (Å²) in [7, 11) is 0. The van der Waals surface area contributed by atoms with Crippen molar-refractivity contribution in [1.82, 2.24) is 20.0 Å². The van der Waals surface area contributed by atoms with Gasteiger partial charge in [0.2, 0.25) is 16.9 Å². The van der Waals surface area contributed by atoms with Crippen LogP contribution in [0.4, 0.5) is 5.13 Å². The van der Waals surface area contributed by atoms with E-state index in [4.69, 9.17) is 5.73 Å². The molecule has 1 atom stereocenters. The summed E-state index contributed by atoms with van der Waals surface area (Å²) in [4.78, 5) is 30.8. The second-order valence-electron chi connectivity index (χ2n) is 7.11. The summed E-state index contributed by atoms with van der Waals surface area (Å²) in [5, 5.41) is 10.7. The third-order valence-electron chi connectivity index (χ3n) is 5.26. The minimum Gasteiger partial charge on any atom is -0.374 e. The number of carbonyl (C=O) groups excluding carboxylic acids is 2. The molecule has 1 aromatic carbocycles. The van der Waals surface area contributed by atoms with Gasteiger partial charge in [0.25, 0.3) is 0 Å².